The number of amides is 4. The SMILES string of the molecule is COC(=O)C(CCCCNC(=O)CN1C(=O)C(=O)c2cc(Br)ccc21)NC(=O)CN1C(=O)C(=O)c2cc(Br)ccc21. The van der Waals surface area contributed by atoms with Gasteiger partial charge < -0.3 is 15.4 Å². The fraction of sp³-hybridized carbons (Fsp3) is 0.296. The second kappa shape index (κ2) is 12.7. The molecule has 0 aromatic heterocycles. The zero-order valence-electron chi connectivity index (χ0n) is 21.7. The Balaban J connectivity index is 1.24. The number of Topliss-reactive ketones (excluding diaryl/α,β-unsaturated/α-hetero) is 2. The van der Waals surface area contributed by atoms with Crippen molar-refractivity contribution < 1.29 is 38.3 Å². The molecule has 2 aliphatic heterocycles. The molecule has 0 saturated heterocycles. The molecule has 2 N–H and O–H groups in total. The van der Waals surface area contributed by atoms with E-state index in [9.17, 15) is 33.6 Å². The van der Waals surface area contributed by atoms with E-state index in [2.05, 4.69) is 42.5 Å². The summed E-state index contributed by atoms with van der Waals surface area (Å²) in [6, 6.07) is 8.49. The molecular formula is C27H24Br2N4O8. The van der Waals surface area contributed by atoms with Crippen molar-refractivity contribution in [3.63, 3.8) is 0 Å². The number of nitrogens with one attached hydrogen (secondary N) is 2. The minimum absolute atomic E-state index is 0.182. The highest BCUT2D eigenvalue weighted by Crippen LogP contribution is 2.32. The van der Waals surface area contributed by atoms with E-state index >= 15 is 0 Å². The van der Waals surface area contributed by atoms with Crippen molar-refractivity contribution in [3.05, 3.63) is 56.5 Å². The number of rotatable bonds is 11. The molecule has 41 heavy (non-hydrogen) atoms. The van der Waals surface area contributed by atoms with Crippen LogP contribution in [0.5, 0.6) is 0 Å². The molecule has 0 aliphatic carbocycles. The molecule has 2 heterocycles. The van der Waals surface area contributed by atoms with Gasteiger partial charge in [0.25, 0.3) is 23.4 Å². The van der Waals surface area contributed by atoms with Crippen LogP contribution in [0.15, 0.2) is 45.3 Å². The summed E-state index contributed by atoms with van der Waals surface area (Å²) >= 11 is 6.51. The summed E-state index contributed by atoms with van der Waals surface area (Å²) < 4.78 is 6.04. The molecule has 0 saturated carbocycles. The van der Waals surface area contributed by atoms with Crippen LogP contribution >= 0.6 is 31.9 Å². The topological polar surface area (TPSA) is 159 Å². The van der Waals surface area contributed by atoms with Crippen molar-refractivity contribution in [2.45, 2.75) is 25.3 Å². The molecule has 14 heteroatoms. The second-order valence-electron chi connectivity index (χ2n) is 9.25. The van der Waals surface area contributed by atoms with Crippen molar-refractivity contribution in [2.75, 3.05) is 36.5 Å². The highest BCUT2D eigenvalue weighted by atomic mass is 79.9. The van der Waals surface area contributed by atoms with Gasteiger partial charge in [-0.05, 0) is 55.7 Å². The van der Waals surface area contributed by atoms with E-state index in [0.29, 0.717) is 33.2 Å². The van der Waals surface area contributed by atoms with Gasteiger partial charge in [-0.1, -0.05) is 31.9 Å². The number of unbranched alkanes of at least 4 members (excludes halogenated alkanes) is 1. The number of carbonyl (C=O) groups is 7. The minimum atomic E-state index is -1.01. The number of halogens is 2. The minimum Gasteiger partial charge on any atom is -0.467 e. The van der Waals surface area contributed by atoms with E-state index in [-0.39, 0.29) is 30.6 Å². The third-order valence-corrected chi connectivity index (χ3v) is 7.52. The van der Waals surface area contributed by atoms with Crippen LogP contribution in [0.1, 0.15) is 40.0 Å². The van der Waals surface area contributed by atoms with Gasteiger partial charge >= 0.3 is 5.97 Å². The molecule has 0 radical (unpaired) electrons. The molecule has 1 unspecified atom stereocenters. The predicted octanol–water partition coefficient (Wildman–Crippen LogP) is 1.91. The van der Waals surface area contributed by atoms with Crippen LogP contribution in [0.4, 0.5) is 11.4 Å². The molecule has 2 aromatic carbocycles. The summed E-state index contributed by atoms with van der Waals surface area (Å²) in [6.45, 7) is -0.557. The summed E-state index contributed by atoms with van der Waals surface area (Å²) in [6.07, 6.45) is 1.04. The summed E-state index contributed by atoms with van der Waals surface area (Å²) in [4.78, 5) is 88.8. The average molecular weight is 692 g/mol. The normalized spacial score (nSPS) is 14.6. The fourth-order valence-electron chi connectivity index (χ4n) is 4.53. The Kier molecular flexibility index (Phi) is 9.33. The Morgan fingerprint density at radius 3 is 1.83 bits per heavy atom. The van der Waals surface area contributed by atoms with Gasteiger partial charge in [0.05, 0.1) is 29.6 Å². The lowest BCUT2D eigenvalue weighted by Gasteiger charge is -2.20. The second-order valence-corrected chi connectivity index (χ2v) is 11.1. The molecule has 0 fully saturated rings. The standard InChI is InChI=1S/C27H24Br2N4O8/c1-41-27(40)18(31-22(35)13-33-20-8-6-15(29)11-17(20)24(37)26(33)39)4-2-3-9-30-21(34)12-32-19-7-5-14(28)10-16(19)23(36)25(32)38/h5-8,10-11,18H,2-4,9,12-13H2,1H3,(H,30,34)(H,31,35). The fourth-order valence-corrected chi connectivity index (χ4v) is 5.26. The highest BCUT2D eigenvalue weighted by Gasteiger charge is 2.38. The molecule has 214 valence electrons. The number of fused-ring (bicyclic) bond motifs is 2. The third kappa shape index (κ3) is 6.54. The van der Waals surface area contributed by atoms with Crippen molar-refractivity contribution >= 4 is 84.4 Å². The van der Waals surface area contributed by atoms with Gasteiger partial charge in [-0.25, -0.2) is 4.79 Å². The van der Waals surface area contributed by atoms with Crippen LogP contribution < -0.4 is 20.4 Å². The first kappa shape index (κ1) is 30.1. The molecule has 4 amide bonds. The first-order chi connectivity index (χ1) is 19.5. The van der Waals surface area contributed by atoms with E-state index in [0.717, 1.165) is 9.80 Å². The number of ketones is 2. The first-order valence-corrected chi connectivity index (χ1v) is 14.1. The molecular weight excluding hydrogens is 668 g/mol. The number of nitrogens with zero attached hydrogens (tertiary/aromatic N) is 2. The summed E-state index contributed by atoms with van der Waals surface area (Å²) in [5, 5.41) is 5.23. The van der Waals surface area contributed by atoms with Gasteiger partial charge in [0, 0.05) is 15.5 Å². The maximum atomic E-state index is 12.7. The van der Waals surface area contributed by atoms with Gasteiger partial charge in [0.1, 0.15) is 19.1 Å². The Morgan fingerprint density at radius 2 is 1.32 bits per heavy atom. The number of esters is 1. The largest absolute Gasteiger partial charge is 0.467 e. The number of ether oxygens (including phenoxy) is 1. The smallest absolute Gasteiger partial charge is 0.328 e. The molecule has 12 nitrogen and oxygen atoms in total. The van der Waals surface area contributed by atoms with E-state index in [1.54, 1.807) is 24.3 Å². The van der Waals surface area contributed by atoms with E-state index < -0.39 is 53.8 Å². The zero-order valence-corrected chi connectivity index (χ0v) is 24.9. The number of carbonyl (C=O) groups excluding carboxylic acids is 7. The van der Waals surface area contributed by atoms with Crippen molar-refractivity contribution in [3.8, 4) is 0 Å². The number of hydrogen-bond donors (Lipinski definition) is 2. The maximum Gasteiger partial charge on any atom is 0.328 e. The van der Waals surface area contributed by atoms with Crippen molar-refractivity contribution in [2.24, 2.45) is 0 Å². The van der Waals surface area contributed by atoms with E-state index in [1.807, 2.05) is 0 Å². The first-order valence-electron chi connectivity index (χ1n) is 12.5. The number of anilines is 2. The van der Waals surface area contributed by atoms with Gasteiger partial charge in [-0.15, -0.1) is 0 Å². The Morgan fingerprint density at radius 1 is 0.805 bits per heavy atom. The van der Waals surface area contributed by atoms with Gasteiger partial charge in [-0.2, -0.15) is 0 Å². The molecule has 2 aromatic rings. The van der Waals surface area contributed by atoms with Crippen LogP contribution in [-0.2, 0) is 28.7 Å². The quantitative estimate of drug-likeness (QED) is 0.206. The lowest BCUT2D eigenvalue weighted by Crippen LogP contribution is -2.47. The molecule has 2 aliphatic rings. The van der Waals surface area contributed by atoms with E-state index in [1.165, 1.54) is 19.2 Å². The summed E-state index contributed by atoms with van der Waals surface area (Å²) in [5.41, 5.74) is 1.08. The molecule has 0 bridgehead atoms. The number of methoxy groups -OCH3 is 1. The predicted molar refractivity (Wildman–Crippen MR) is 152 cm³/mol. The molecule has 4 rings (SSSR count). The van der Waals surface area contributed by atoms with Crippen LogP contribution in [0.3, 0.4) is 0 Å². The summed E-state index contributed by atoms with van der Waals surface area (Å²) in [5.74, 6) is -4.81. The monoisotopic (exact) mass is 690 g/mol. The molecule has 1 atom stereocenters. The van der Waals surface area contributed by atoms with Gasteiger partial charge in [0.15, 0.2) is 0 Å². The molecule has 0 spiro atoms. The lowest BCUT2D eigenvalue weighted by atomic mass is 10.1. The lowest BCUT2D eigenvalue weighted by molar-refractivity contribution is -0.145. The van der Waals surface area contributed by atoms with Crippen LogP contribution in [0, 0.1) is 0 Å². The number of hydrogen-bond acceptors (Lipinski definition) is 8. The Bertz CT molecular complexity index is 1480. The van der Waals surface area contributed by atoms with Gasteiger partial charge in [0.2, 0.25) is 11.8 Å². The van der Waals surface area contributed by atoms with E-state index in [4.69, 9.17) is 4.74 Å². The Hall–Kier alpha value is -3.91. The average Bonchev–Trinajstić information content (AvgIpc) is 3.31. The van der Waals surface area contributed by atoms with Crippen LogP contribution in [0.2, 0.25) is 0 Å². The van der Waals surface area contributed by atoms with Crippen LogP contribution in [0.25, 0.3) is 0 Å². The van der Waals surface area contributed by atoms with Crippen molar-refractivity contribution in [1.82, 2.24) is 10.6 Å². The highest BCUT2D eigenvalue weighted by molar-refractivity contribution is 9.10. The van der Waals surface area contributed by atoms with Gasteiger partial charge in [-0.3, -0.25) is 38.6 Å². The Labute approximate surface area is 251 Å². The third-order valence-electron chi connectivity index (χ3n) is 6.53. The summed E-state index contributed by atoms with van der Waals surface area (Å²) in [7, 11) is 1.18. The van der Waals surface area contributed by atoms with Crippen LogP contribution in [-0.4, -0.2) is 74.0 Å². The van der Waals surface area contributed by atoms with Crippen molar-refractivity contribution in [1.29, 1.82) is 0 Å². The maximum absolute atomic E-state index is 12.7. The zero-order chi connectivity index (χ0) is 29.8. The number of benzene rings is 2.